The molecule has 0 amide bonds. The molecule has 1 aromatic carbocycles. The Kier molecular flexibility index (Phi) is 4.80. The number of carbonyl (C=O) groups excluding carboxylic acids is 1. The number of benzene rings is 1. The number of hydrogen-bond donors (Lipinski definition) is 2. The van der Waals surface area contributed by atoms with Crippen molar-refractivity contribution in [2.45, 2.75) is 19.4 Å². The number of fused-ring (bicyclic) bond motifs is 1. The Hall–Kier alpha value is -2.08. The fourth-order valence-corrected chi connectivity index (χ4v) is 2.16. The highest BCUT2D eigenvalue weighted by Crippen LogP contribution is 2.30. The SMILES string of the molecule is CC1CNc2cc(C(=O)CN(C)CCC(=O)O)ccc2O1. The lowest BCUT2D eigenvalue weighted by atomic mass is 10.1. The molecule has 114 valence electrons. The molecule has 21 heavy (non-hydrogen) atoms. The van der Waals surface area contributed by atoms with E-state index in [1.54, 1.807) is 30.1 Å². The molecule has 1 heterocycles. The Labute approximate surface area is 123 Å². The molecule has 0 aliphatic carbocycles. The summed E-state index contributed by atoms with van der Waals surface area (Å²) in [6.07, 6.45) is 0.141. The summed E-state index contributed by atoms with van der Waals surface area (Å²) in [5.41, 5.74) is 1.42. The molecule has 0 radical (unpaired) electrons. The highest BCUT2D eigenvalue weighted by atomic mass is 16.5. The van der Waals surface area contributed by atoms with Gasteiger partial charge in [0.2, 0.25) is 0 Å². The maximum Gasteiger partial charge on any atom is 0.304 e. The Morgan fingerprint density at radius 3 is 2.95 bits per heavy atom. The number of carbonyl (C=O) groups is 2. The van der Waals surface area contributed by atoms with Crippen molar-refractivity contribution in [3.05, 3.63) is 23.8 Å². The zero-order chi connectivity index (χ0) is 15.4. The van der Waals surface area contributed by atoms with E-state index in [4.69, 9.17) is 9.84 Å². The molecule has 1 aliphatic rings. The second-order valence-corrected chi connectivity index (χ2v) is 5.33. The van der Waals surface area contributed by atoms with E-state index in [0.29, 0.717) is 18.7 Å². The molecule has 1 aliphatic heterocycles. The van der Waals surface area contributed by atoms with E-state index in [0.717, 1.165) is 11.4 Å². The molecule has 2 N–H and O–H groups in total. The molecule has 0 bridgehead atoms. The number of ether oxygens (including phenoxy) is 1. The van der Waals surface area contributed by atoms with Gasteiger partial charge in [-0.05, 0) is 32.2 Å². The molecule has 1 atom stereocenters. The lowest BCUT2D eigenvalue weighted by Crippen LogP contribution is -2.29. The van der Waals surface area contributed by atoms with Gasteiger partial charge in [-0.3, -0.25) is 14.5 Å². The Balaban J connectivity index is 1.98. The largest absolute Gasteiger partial charge is 0.487 e. The first-order valence-electron chi connectivity index (χ1n) is 6.94. The van der Waals surface area contributed by atoms with Crippen molar-refractivity contribution in [2.24, 2.45) is 0 Å². The highest BCUT2D eigenvalue weighted by Gasteiger charge is 2.18. The average molecular weight is 292 g/mol. The molecular formula is C15H20N2O4. The van der Waals surface area contributed by atoms with Gasteiger partial charge in [0, 0.05) is 12.1 Å². The van der Waals surface area contributed by atoms with Crippen LogP contribution in [0.25, 0.3) is 0 Å². The van der Waals surface area contributed by atoms with E-state index >= 15 is 0 Å². The van der Waals surface area contributed by atoms with Crippen molar-refractivity contribution in [3.8, 4) is 5.75 Å². The third-order valence-corrected chi connectivity index (χ3v) is 3.33. The normalized spacial score (nSPS) is 16.8. The molecule has 0 aromatic heterocycles. The quantitative estimate of drug-likeness (QED) is 0.773. The van der Waals surface area contributed by atoms with Crippen LogP contribution in [0.3, 0.4) is 0 Å². The van der Waals surface area contributed by atoms with Crippen LogP contribution in [0.2, 0.25) is 0 Å². The molecule has 6 heteroatoms. The maximum absolute atomic E-state index is 12.2. The van der Waals surface area contributed by atoms with Gasteiger partial charge in [0.05, 0.1) is 25.2 Å². The molecule has 0 saturated carbocycles. The van der Waals surface area contributed by atoms with Gasteiger partial charge in [0.1, 0.15) is 11.9 Å². The summed E-state index contributed by atoms with van der Waals surface area (Å²) in [6, 6.07) is 5.32. The Bertz CT molecular complexity index is 544. The molecule has 0 saturated heterocycles. The van der Waals surface area contributed by atoms with E-state index < -0.39 is 5.97 Å². The number of ketones is 1. The van der Waals surface area contributed by atoms with E-state index in [9.17, 15) is 9.59 Å². The first-order valence-corrected chi connectivity index (χ1v) is 6.94. The minimum atomic E-state index is -0.862. The van der Waals surface area contributed by atoms with Crippen molar-refractivity contribution < 1.29 is 19.4 Å². The van der Waals surface area contributed by atoms with Crippen molar-refractivity contribution >= 4 is 17.4 Å². The number of carboxylic acid groups (broad SMARTS) is 1. The zero-order valence-electron chi connectivity index (χ0n) is 12.3. The second-order valence-electron chi connectivity index (χ2n) is 5.33. The van der Waals surface area contributed by atoms with Crippen LogP contribution in [0.15, 0.2) is 18.2 Å². The number of nitrogens with zero attached hydrogens (tertiary/aromatic N) is 1. The number of aliphatic carboxylic acids is 1. The third kappa shape index (κ3) is 4.19. The lowest BCUT2D eigenvalue weighted by Gasteiger charge is -2.25. The molecule has 1 aromatic rings. The zero-order valence-corrected chi connectivity index (χ0v) is 12.3. The summed E-state index contributed by atoms with van der Waals surface area (Å²) in [4.78, 5) is 24.4. The summed E-state index contributed by atoms with van der Waals surface area (Å²) >= 11 is 0. The van der Waals surface area contributed by atoms with Crippen molar-refractivity contribution in [3.63, 3.8) is 0 Å². The summed E-state index contributed by atoms with van der Waals surface area (Å²) in [7, 11) is 1.74. The van der Waals surface area contributed by atoms with Gasteiger partial charge in [-0.15, -0.1) is 0 Å². The van der Waals surface area contributed by atoms with Gasteiger partial charge >= 0.3 is 5.97 Å². The fourth-order valence-electron chi connectivity index (χ4n) is 2.16. The predicted octanol–water partition coefficient (Wildman–Crippen LogP) is 1.47. The minimum absolute atomic E-state index is 0.0290. The van der Waals surface area contributed by atoms with Gasteiger partial charge in [0.25, 0.3) is 0 Å². The summed E-state index contributed by atoms with van der Waals surface area (Å²) in [6.45, 7) is 3.24. The van der Waals surface area contributed by atoms with Crippen LogP contribution in [0.5, 0.6) is 5.75 Å². The van der Waals surface area contributed by atoms with Crippen LogP contribution in [0, 0.1) is 0 Å². The Morgan fingerprint density at radius 2 is 2.24 bits per heavy atom. The highest BCUT2D eigenvalue weighted by molar-refractivity contribution is 5.98. The van der Waals surface area contributed by atoms with Gasteiger partial charge in [-0.2, -0.15) is 0 Å². The average Bonchev–Trinajstić information content (AvgIpc) is 2.44. The summed E-state index contributed by atoms with van der Waals surface area (Å²) < 4.78 is 5.66. The number of Topliss-reactive ketones (excluding diaryl/α,β-unsaturated/α-hetero) is 1. The van der Waals surface area contributed by atoms with Crippen LogP contribution < -0.4 is 10.1 Å². The van der Waals surface area contributed by atoms with Gasteiger partial charge in [-0.1, -0.05) is 0 Å². The number of rotatable bonds is 6. The van der Waals surface area contributed by atoms with Gasteiger partial charge in [-0.25, -0.2) is 0 Å². The van der Waals surface area contributed by atoms with E-state index in [1.807, 2.05) is 6.92 Å². The van der Waals surface area contributed by atoms with Gasteiger partial charge < -0.3 is 15.2 Å². The topological polar surface area (TPSA) is 78.9 Å². The van der Waals surface area contributed by atoms with Crippen LogP contribution in [-0.4, -0.2) is 54.5 Å². The van der Waals surface area contributed by atoms with Crippen LogP contribution in [0.4, 0.5) is 5.69 Å². The van der Waals surface area contributed by atoms with Crippen molar-refractivity contribution in [1.29, 1.82) is 0 Å². The molecule has 2 rings (SSSR count). The van der Waals surface area contributed by atoms with E-state index in [-0.39, 0.29) is 24.9 Å². The number of nitrogens with one attached hydrogen (secondary N) is 1. The fraction of sp³-hybridized carbons (Fsp3) is 0.467. The standard InChI is InChI=1S/C15H20N2O4/c1-10-8-16-12-7-11(3-4-14(12)21-10)13(18)9-17(2)6-5-15(19)20/h3-4,7,10,16H,5-6,8-9H2,1-2H3,(H,19,20). The first kappa shape index (κ1) is 15.3. The minimum Gasteiger partial charge on any atom is -0.487 e. The van der Waals surface area contributed by atoms with Crippen molar-refractivity contribution in [1.82, 2.24) is 4.90 Å². The second kappa shape index (κ2) is 6.58. The summed E-state index contributed by atoms with van der Waals surface area (Å²) in [5.74, 6) is -0.144. The van der Waals surface area contributed by atoms with Crippen LogP contribution in [-0.2, 0) is 4.79 Å². The number of likely N-dealkylation sites (N-methyl/N-ethyl adjacent to an activating group) is 1. The maximum atomic E-state index is 12.2. The number of hydrogen-bond acceptors (Lipinski definition) is 5. The summed E-state index contributed by atoms with van der Waals surface area (Å²) in [5, 5.41) is 11.9. The molecule has 0 spiro atoms. The Morgan fingerprint density at radius 1 is 1.48 bits per heavy atom. The monoisotopic (exact) mass is 292 g/mol. The molecular weight excluding hydrogens is 272 g/mol. The third-order valence-electron chi connectivity index (χ3n) is 3.33. The first-order chi connectivity index (χ1) is 9.95. The molecule has 6 nitrogen and oxygen atoms in total. The molecule has 0 fully saturated rings. The molecule has 1 unspecified atom stereocenters. The number of anilines is 1. The van der Waals surface area contributed by atoms with E-state index in [2.05, 4.69) is 5.32 Å². The smallest absolute Gasteiger partial charge is 0.304 e. The van der Waals surface area contributed by atoms with Crippen LogP contribution >= 0.6 is 0 Å². The number of carboxylic acids is 1. The predicted molar refractivity (Wildman–Crippen MR) is 79.1 cm³/mol. The van der Waals surface area contributed by atoms with Crippen LogP contribution in [0.1, 0.15) is 23.7 Å². The van der Waals surface area contributed by atoms with E-state index in [1.165, 1.54) is 0 Å². The van der Waals surface area contributed by atoms with Crippen molar-refractivity contribution in [2.75, 3.05) is 32.0 Å². The van der Waals surface area contributed by atoms with Gasteiger partial charge in [0.15, 0.2) is 5.78 Å². The lowest BCUT2D eigenvalue weighted by molar-refractivity contribution is -0.137.